The zero-order valence-corrected chi connectivity index (χ0v) is 15.5. The lowest BCUT2D eigenvalue weighted by atomic mass is 10.0. The van der Waals surface area contributed by atoms with Crippen molar-refractivity contribution in [2.24, 2.45) is 0 Å². The molecule has 0 radical (unpaired) electrons. The standard InChI is InChI=1S/C21H22N2O4/c1-22(2)21(25)19-13-23(16-5-3-4-6-18(16)27-19)20(24)12-14-7-8-17-15(11-14)9-10-26-17/h3-8,11,19H,9-10,12-13H2,1-2H3. The van der Waals surface area contributed by atoms with Gasteiger partial charge in [0.25, 0.3) is 5.91 Å². The van der Waals surface area contributed by atoms with Gasteiger partial charge in [0.05, 0.1) is 25.3 Å². The van der Waals surface area contributed by atoms with Crippen molar-refractivity contribution < 1.29 is 19.1 Å². The molecule has 0 fully saturated rings. The molecule has 2 aromatic rings. The number of nitrogens with zero attached hydrogens (tertiary/aromatic N) is 2. The van der Waals surface area contributed by atoms with Gasteiger partial charge in [0.15, 0.2) is 6.10 Å². The first kappa shape index (κ1) is 17.4. The molecule has 0 aliphatic carbocycles. The number of rotatable bonds is 3. The SMILES string of the molecule is CN(C)C(=O)C1CN(C(=O)Cc2ccc3c(c2)CCO3)c2ccccc2O1. The summed E-state index contributed by atoms with van der Waals surface area (Å²) in [5.74, 6) is 1.25. The van der Waals surface area contributed by atoms with Crippen molar-refractivity contribution in [3.05, 3.63) is 53.6 Å². The zero-order chi connectivity index (χ0) is 19.0. The average molecular weight is 366 g/mol. The van der Waals surface area contributed by atoms with Crippen LogP contribution in [0, 0.1) is 0 Å². The Morgan fingerprint density at radius 2 is 1.96 bits per heavy atom. The molecular weight excluding hydrogens is 344 g/mol. The number of carbonyl (C=O) groups is 2. The van der Waals surface area contributed by atoms with Gasteiger partial charge in [-0.15, -0.1) is 0 Å². The van der Waals surface area contributed by atoms with E-state index in [9.17, 15) is 9.59 Å². The van der Waals surface area contributed by atoms with Gasteiger partial charge >= 0.3 is 0 Å². The fourth-order valence-electron chi connectivity index (χ4n) is 3.51. The molecule has 0 aromatic heterocycles. The molecule has 0 spiro atoms. The summed E-state index contributed by atoms with van der Waals surface area (Å²) in [6, 6.07) is 13.2. The molecule has 1 unspecified atom stereocenters. The summed E-state index contributed by atoms with van der Waals surface area (Å²) in [5, 5.41) is 0. The molecule has 140 valence electrons. The van der Waals surface area contributed by atoms with Gasteiger partial charge in [-0.1, -0.05) is 24.3 Å². The Hall–Kier alpha value is -3.02. The molecule has 0 saturated carbocycles. The minimum absolute atomic E-state index is 0.0545. The maximum Gasteiger partial charge on any atom is 0.265 e. The van der Waals surface area contributed by atoms with E-state index in [4.69, 9.17) is 9.47 Å². The molecule has 2 heterocycles. The summed E-state index contributed by atoms with van der Waals surface area (Å²) >= 11 is 0. The van der Waals surface area contributed by atoms with E-state index in [0.717, 1.165) is 23.3 Å². The summed E-state index contributed by atoms with van der Waals surface area (Å²) in [4.78, 5) is 28.6. The van der Waals surface area contributed by atoms with Crippen LogP contribution in [0.1, 0.15) is 11.1 Å². The van der Waals surface area contributed by atoms with Crippen LogP contribution in [0.5, 0.6) is 11.5 Å². The van der Waals surface area contributed by atoms with E-state index in [0.29, 0.717) is 18.0 Å². The lowest BCUT2D eigenvalue weighted by molar-refractivity contribution is -0.136. The zero-order valence-electron chi connectivity index (χ0n) is 15.5. The van der Waals surface area contributed by atoms with Gasteiger partial charge in [0, 0.05) is 20.5 Å². The van der Waals surface area contributed by atoms with Gasteiger partial charge in [-0.2, -0.15) is 0 Å². The van der Waals surface area contributed by atoms with Crippen molar-refractivity contribution in [2.45, 2.75) is 18.9 Å². The number of fused-ring (bicyclic) bond motifs is 2. The van der Waals surface area contributed by atoms with Crippen molar-refractivity contribution in [1.82, 2.24) is 4.90 Å². The van der Waals surface area contributed by atoms with Crippen LogP contribution in [0.2, 0.25) is 0 Å². The van der Waals surface area contributed by atoms with Crippen LogP contribution >= 0.6 is 0 Å². The van der Waals surface area contributed by atoms with E-state index in [2.05, 4.69) is 0 Å². The topological polar surface area (TPSA) is 59.1 Å². The van der Waals surface area contributed by atoms with E-state index >= 15 is 0 Å². The third kappa shape index (κ3) is 3.35. The number of carbonyl (C=O) groups excluding carboxylic acids is 2. The number of likely N-dealkylation sites (N-methyl/N-ethyl adjacent to an activating group) is 1. The van der Waals surface area contributed by atoms with E-state index in [-0.39, 0.29) is 24.8 Å². The first-order valence-corrected chi connectivity index (χ1v) is 9.05. The Morgan fingerprint density at radius 1 is 1.15 bits per heavy atom. The van der Waals surface area contributed by atoms with Gasteiger partial charge in [-0.25, -0.2) is 0 Å². The minimum atomic E-state index is -0.702. The van der Waals surface area contributed by atoms with E-state index in [1.165, 1.54) is 4.90 Å². The smallest absolute Gasteiger partial charge is 0.265 e. The van der Waals surface area contributed by atoms with Crippen LogP contribution in [0.3, 0.4) is 0 Å². The predicted molar refractivity (Wildman–Crippen MR) is 101 cm³/mol. The molecular formula is C21H22N2O4. The normalized spacial score (nSPS) is 17.4. The van der Waals surface area contributed by atoms with Crippen LogP contribution in [0.25, 0.3) is 0 Å². The number of ether oxygens (including phenoxy) is 2. The first-order valence-electron chi connectivity index (χ1n) is 9.05. The third-order valence-electron chi connectivity index (χ3n) is 4.90. The maximum absolute atomic E-state index is 13.1. The molecule has 27 heavy (non-hydrogen) atoms. The number of benzene rings is 2. The van der Waals surface area contributed by atoms with Crippen LogP contribution < -0.4 is 14.4 Å². The summed E-state index contributed by atoms with van der Waals surface area (Å²) < 4.78 is 11.4. The Kier molecular flexibility index (Phi) is 4.48. The molecule has 0 N–H and O–H groups in total. The van der Waals surface area contributed by atoms with Gasteiger partial charge in [-0.05, 0) is 29.3 Å². The molecule has 2 aliphatic rings. The van der Waals surface area contributed by atoms with E-state index in [1.54, 1.807) is 25.1 Å². The third-order valence-corrected chi connectivity index (χ3v) is 4.90. The highest BCUT2D eigenvalue weighted by Crippen LogP contribution is 2.34. The van der Waals surface area contributed by atoms with E-state index in [1.807, 2.05) is 36.4 Å². The van der Waals surface area contributed by atoms with Crippen molar-refractivity contribution in [3.8, 4) is 11.5 Å². The second kappa shape index (κ2) is 6.95. The second-order valence-electron chi connectivity index (χ2n) is 7.03. The molecule has 2 aliphatic heterocycles. The summed E-state index contributed by atoms with van der Waals surface area (Å²) in [7, 11) is 3.37. The quantitative estimate of drug-likeness (QED) is 0.834. The molecule has 1 atom stereocenters. The predicted octanol–water partition coefficient (Wildman–Crippen LogP) is 2.05. The summed E-state index contributed by atoms with van der Waals surface area (Å²) in [6.45, 7) is 0.902. The Bertz CT molecular complexity index is 894. The highest BCUT2D eigenvalue weighted by Gasteiger charge is 2.34. The van der Waals surface area contributed by atoms with Crippen molar-refractivity contribution >= 4 is 17.5 Å². The largest absolute Gasteiger partial charge is 0.493 e. The van der Waals surface area contributed by atoms with Gasteiger partial charge < -0.3 is 19.3 Å². The van der Waals surface area contributed by atoms with Crippen LogP contribution in [-0.4, -0.2) is 50.1 Å². The number of amides is 2. The number of anilines is 1. The Morgan fingerprint density at radius 3 is 2.78 bits per heavy atom. The van der Waals surface area contributed by atoms with Gasteiger partial charge in [-0.3, -0.25) is 9.59 Å². The average Bonchev–Trinajstić information content (AvgIpc) is 3.14. The van der Waals surface area contributed by atoms with E-state index < -0.39 is 6.10 Å². The second-order valence-corrected chi connectivity index (χ2v) is 7.03. The first-order chi connectivity index (χ1) is 13.0. The van der Waals surface area contributed by atoms with Crippen LogP contribution in [-0.2, 0) is 22.4 Å². The molecule has 6 nitrogen and oxygen atoms in total. The molecule has 0 bridgehead atoms. The molecule has 0 saturated heterocycles. The lowest BCUT2D eigenvalue weighted by Crippen LogP contribution is -2.50. The van der Waals surface area contributed by atoms with Crippen LogP contribution in [0.4, 0.5) is 5.69 Å². The summed E-state index contributed by atoms with van der Waals surface area (Å²) in [5.41, 5.74) is 2.79. The van der Waals surface area contributed by atoms with Crippen molar-refractivity contribution in [2.75, 3.05) is 32.1 Å². The lowest BCUT2D eigenvalue weighted by Gasteiger charge is -2.35. The molecule has 6 heteroatoms. The summed E-state index contributed by atoms with van der Waals surface area (Å²) in [6.07, 6.45) is 0.439. The minimum Gasteiger partial charge on any atom is -0.493 e. The number of hydrogen-bond acceptors (Lipinski definition) is 4. The highest BCUT2D eigenvalue weighted by atomic mass is 16.5. The number of para-hydroxylation sites is 2. The fourth-order valence-corrected chi connectivity index (χ4v) is 3.51. The monoisotopic (exact) mass is 366 g/mol. The van der Waals surface area contributed by atoms with Gasteiger partial charge in [0.2, 0.25) is 5.91 Å². The van der Waals surface area contributed by atoms with Crippen molar-refractivity contribution in [3.63, 3.8) is 0 Å². The Labute approximate surface area is 158 Å². The molecule has 2 aromatic carbocycles. The van der Waals surface area contributed by atoms with Crippen LogP contribution in [0.15, 0.2) is 42.5 Å². The molecule has 4 rings (SSSR count). The molecule has 2 amide bonds. The Balaban J connectivity index is 1.59. The highest BCUT2D eigenvalue weighted by molar-refractivity contribution is 5.98. The number of hydrogen-bond donors (Lipinski definition) is 0. The fraction of sp³-hybridized carbons (Fsp3) is 0.333. The maximum atomic E-state index is 13.1. The van der Waals surface area contributed by atoms with Gasteiger partial charge in [0.1, 0.15) is 11.5 Å². The van der Waals surface area contributed by atoms with Crippen molar-refractivity contribution in [1.29, 1.82) is 0 Å².